The van der Waals surface area contributed by atoms with Crippen molar-refractivity contribution in [2.75, 3.05) is 14.2 Å². The van der Waals surface area contributed by atoms with E-state index >= 15 is 0 Å². The van der Waals surface area contributed by atoms with E-state index < -0.39 is 0 Å². The molecule has 3 heteroatoms. The molecule has 0 aliphatic heterocycles. The van der Waals surface area contributed by atoms with Gasteiger partial charge in [0, 0.05) is 12.5 Å². The average Bonchev–Trinajstić information content (AvgIpc) is 2.39. The molecule has 0 spiro atoms. The fraction of sp³-hybridized carbons (Fsp3) is 0.500. The molecule has 92 valence electrons. The molecule has 0 aromatic heterocycles. The lowest BCUT2D eigenvalue weighted by Crippen LogP contribution is -2.16. The highest BCUT2D eigenvalue weighted by Crippen LogP contribution is 2.25. The SMILES string of the molecule is CCc1cc(C(CCC#N)NC)ccc1OC. The number of hydrogen-bond donors (Lipinski definition) is 1. The maximum absolute atomic E-state index is 8.64. The average molecular weight is 232 g/mol. The van der Waals surface area contributed by atoms with Crippen LogP contribution in [0.1, 0.15) is 36.9 Å². The first kappa shape index (κ1) is 13.5. The summed E-state index contributed by atoms with van der Waals surface area (Å²) in [6, 6.07) is 8.67. The van der Waals surface area contributed by atoms with Crippen LogP contribution in [-0.2, 0) is 6.42 Å². The molecule has 0 saturated heterocycles. The summed E-state index contributed by atoms with van der Waals surface area (Å²) in [5, 5.41) is 11.9. The van der Waals surface area contributed by atoms with Gasteiger partial charge in [0.15, 0.2) is 0 Å². The largest absolute Gasteiger partial charge is 0.496 e. The van der Waals surface area contributed by atoms with E-state index in [1.165, 1.54) is 11.1 Å². The number of methoxy groups -OCH3 is 1. The Labute approximate surface area is 103 Å². The molecular formula is C14H20N2O. The van der Waals surface area contributed by atoms with E-state index in [0.717, 1.165) is 18.6 Å². The molecular weight excluding hydrogens is 212 g/mol. The van der Waals surface area contributed by atoms with E-state index in [9.17, 15) is 0 Å². The van der Waals surface area contributed by atoms with E-state index in [2.05, 4.69) is 30.4 Å². The molecule has 0 amide bonds. The summed E-state index contributed by atoms with van der Waals surface area (Å²) in [6.45, 7) is 2.12. The molecule has 0 saturated carbocycles. The van der Waals surface area contributed by atoms with Gasteiger partial charge in [0.25, 0.3) is 0 Å². The Morgan fingerprint density at radius 2 is 2.24 bits per heavy atom. The second kappa shape index (κ2) is 6.93. The van der Waals surface area contributed by atoms with Crippen molar-refractivity contribution in [2.24, 2.45) is 0 Å². The standard InChI is InChI=1S/C14H20N2O/c1-4-11-10-12(7-8-14(11)17-3)13(16-2)6-5-9-15/h7-8,10,13,16H,4-6H2,1-3H3. The number of nitrogens with one attached hydrogen (secondary N) is 1. The second-order valence-corrected chi connectivity index (χ2v) is 3.96. The predicted molar refractivity (Wildman–Crippen MR) is 69.0 cm³/mol. The van der Waals surface area contributed by atoms with Gasteiger partial charge in [0.1, 0.15) is 5.75 Å². The monoisotopic (exact) mass is 232 g/mol. The first-order valence-corrected chi connectivity index (χ1v) is 5.97. The van der Waals surface area contributed by atoms with Crippen LogP contribution < -0.4 is 10.1 Å². The second-order valence-electron chi connectivity index (χ2n) is 3.96. The van der Waals surface area contributed by atoms with Gasteiger partial charge in [-0.15, -0.1) is 0 Å². The quantitative estimate of drug-likeness (QED) is 0.820. The molecule has 0 radical (unpaired) electrons. The van der Waals surface area contributed by atoms with Crippen LogP contribution in [0.3, 0.4) is 0 Å². The van der Waals surface area contributed by atoms with E-state index in [1.807, 2.05) is 13.1 Å². The summed E-state index contributed by atoms with van der Waals surface area (Å²) in [4.78, 5) is 0. The Bertz CT molecular complexity index is 396. The number of hydrogen-bond acceptors (Lipinski definition) is 3. The third-order valence-electron chi connectivity index (χ3n) is 2.98. The highest BCUT2D eigenvalue weighted by atomic mass is 16.5. The smallest absolute Gasteiger partial charge is 0.122 e. The highest BCUT2D eigenvalue weighted by Gasteiger charge is 2.11. The Hall–Kier alpha value is -1.53. The molecule has 3 nitrogen and oxygen atoms in total. The molecule has 1 rings (SSSR count). The molecule has 0 aliphatic rings. The van der Waals surface area contributed by atoms with Crippen molar-refractivity contribution in [1.29, 1.82) is 5.26 Å². The number of ether oxygens (including phenoxy) is 1. The third kappa shape index (κ3) is 3.47. The third-order valence-corrected chi connectivity index (χ3v) is 2.98. The molecule has 1 unspecified atom stereocenters. The topological polar surface area (TPSA) is 45.0 Å². The Morgan fingerprint density at radius 1 is 1.47 bits per heavy atom. The van der Waals surface area contributed by atoms with Gasteiger partial charge in [-0.2, -0.15) is 5.26 Å². The number of benzene rings is 1. The van der Waals surface area contributed by atoms with Crippen molar-refractivity contribution in [2.45, 2.75) is 32.2 Å². The van der Waals surface area contributed by atoms with Gasteiger partial charge in [-0.3, -0.25) is 0 Å². The van der Waals surface area contributed by atoms with E-state index in [4.69, 9.17) is 10.00 Å². The van der Waals surface area contributed by atoms with Gasteiger partial charge < -0.3 is 10.1 Å². The molecule has 1 atom stereocenters. The fourth-order valence-corrected chi connectivity index (χ4v) is 1.98. The summed E-state index contributed by atoms with van der Waals surface area (Å²) in [6.07, 6.45) is 2.35. The van der Waals surface area contributed by atoms with Crippen LogP contribution in [0.4, 0.5) is 0 Å². The van der Waals surface area contributed by atoms with Crippen molar-refractivity contribution in [3.63, 3.8) is 0 Å². The minimum absolute atomic E-state index is 0.242. The lowest BCUT2D eigenvalue weighted by Gasteiger charge is -2.17. The summed E-state index contributed by atoms with van der Waals surface area (Å²) in [7, 11) is 3.62. The first-order chi connectivity index (χ1) is 8.26. The number of nitrogens with zero attached hydrogens (tertiary/aromatic N) is 1. The maximum atomic E-state index is 8.64. The zero-order chi connectivity index (χ0) is 12.7. The minimum Gasteiger partial charge on any atom is -0.496 e. The molecule has 17 heavy (non-hydrogen) atoms. The van der Waals surface area contributed by atoms with Crippen molar-refractivity contribution in [3.8, 4) is 11.8 Å². The Morgan fingerprint density at radius 3 is 2.76 bits per heavy atom. The maximum Gasteiger partial charge on any atom is 0.122 e. The summed E-state index contributed by atoms with van der Waals surface area (Å²) < 4.78 is 5.31. The van der Waals surface area contributed by atoms with Crippen LogP contribution in [0.5, 0.6) is 5.75 Å². The van der Waals surface area contributed by atoms with Gasteiger partial charge in [-0.1, -0.05) is 19.1 Å². The van der Waals surface area contributed by atoms with Crippen molar-refractivity contribution in [1.82, 2.24) is 5.32 Å². The van der Waals surface area contributed by atoms with Crippen molar-refractivity contribution in [3.05, 3.63) is 29.3 Å². The van der Waals surface area contributed by atoms with E-state index in [0.29, 0.717) is 6.42 Å². The number of nitriles is 1. The van der Waals surface area contributed by atoms with Crippen LogP contribution in [-0.4, -0.2) is 14.2 Å². The number of aryl methyl sites for hydroxylation is 1. The summed E-state index contributed by atoms with van der Waals surface area (Å²) >= 11 is 0. The van der Waals surface area contributed by atoms with Crippen LogP contribution in [0.15, 0.2) is 18.2 Å². The summed E-state index contributed by atoms with van der Waals surface area (Å²) in [5.41, 5.74) is 2.43. The van der Waals surface area contributed by atoms with E-state index in [1.54, 1.807) is 7.11 Å². The minimum atomic E-state index is 0.242. The molecule has 0 heterocycles. The molecule has 1 aromatic rings. The predicted octanol–water partition coefficient (Wildman–Crippen LogP) is 2.82. The van der Waals surface area contributed by atoms with Crippen molar-refractivity contribution < 1.29 is 4.74 Å². The highest BCUT2D eigenvalue weighted by molar-refractivity contribution is 5.38. The zero-order valence-electron chi connectivity index (χ0n) is 10.8. The molecule has 0 bridgehead atoms. The van der Waals surface area contributed by atoms with Crippen LogP contribution in [0.25, 0.3) is 0 Å². The zero-order valence-corrected chi connectivity index (χ0v) is 10.8. The van der Waals surface area contributed by atoms with Gasteiger partial charge in [0.05, 0.1) is 13.2 Å². The van der Waals surface area contributed by atoms with Crippen molar-refractivity contribution >= 4 is 0 Å². The lowest BCUT2D eigenvalue weighted by molar-refractivity contribution is 0.409. The van der Waals surface area contributed by atoms with E-state index in [-0.39, 0.29) is 6.04 Å². The van der Waals surface area contributed by atoms with Crippen LogP contribution in [0.2, 0.25) is 0 Å². The van der Waals surface area contributed by atoms with Gasteiger partial charge in [0.2, 0.25) is 0 Å². The fourth-order valence-electron chi connectivity index (χ4n) is 1.98. The molecule has 0 fully saturated rings. The normalized spacial score (nSPS) is 11.9. The Balaban J connectivity index is 2.93. The van der Waals surface area contributed by atoms with Gasteiger partial charge in [-0.05, 0) is 37.1 Å². The molecule has 1 aromatic carbocycles. The van der Waals surface area contributed by atoms with Crippen LogP contribution in [0, 0.1) is 11.3 Å². The molecule has 0 aliphatic carbocycles. The lowest BCUT2D eigenvalue weighted by atomic mass is 9.99. The Kier molecular flexibility index (Phi) is 5.51. The summed E-state index contributed by atoms with van der Waals surface area (Å²) in [5.74, 6) is 0.936. The molecule has 1 N–H and O–H groups in total. The first-order valence-electron chi connectivity index (χ1n) is 5.97. The van der Waals surface area contributed by atoms with Gasteiger partial charge in [-0.25, -0.2) is 0 Å². The number of rotatable bonds is 6. The van der Waals surface area contributed by atoms with Gasteiger partial charge >= 0.3 is 0 Å². The van der Waals surface area contributed by atoms with Crippen LogP contribution >= 0.6 is 0 Å².